The van der Waals surface area contributed by atoms with Crippen LogP contribution in [0.15, 0.2) is 30.3 Å². The van der Waals surface area contributed by atoms with Crippen LogP contribution in [0, 0.1) is 0 Å². The quantitative estimate of drug-likeness (QED) is 0.843. The lowest BCUT2D eigenvalue weighted by atomic mass is 9.64. The van der Waals surface area contributed by atoms with Crippen LogP contribution in [0.25, 0.3) is 10.9 Å². The fraction of sp³-hybridized carbons (Fsp3) is 0.286. The van der Waals surface area contributed by atoms with Crippen molar-refractivity contribution in [1.82, 2.24) is 4.98 Å². The Morgan fingerprint density at radius 1 is 1.33 bits per heavy atom. The van der Waals surface area contributed by atoms with Gasteiger partial charge in [-0.25, -0.2) is 4.98 Å². The Hall–Kier alpha value is -1.61. The maximum Gasteiger partial charge on any atom is 0.314 e. The van der Waals surface area contributed by atoms with Crippen LogP contribution in [-0.2, 0) is 10.2 Å². The molecule has 1 aromatic carbocycles. The van der Waals surface area contributed by atoms with Crippen LogP contribution in [0.3, 0.4) is 0 Å². The average Bonchev–Trinajstić information content (AvgIpc) is 2.27. The van der Waals surface area contributed by atoms with E-state index in [2.05, 4.69) is 4.98 Å². The van der Waals surface area contributed by atoms with E-state index in [0.717, 1.165) is 17.3 Å². The number of nitrogens with zero attached hydrogens (tertiary/aromatic N) is 1. The standard InChI is InChI=1S/C14H12ClNO2/c15-12-10(14(13(17)18)6-3-7-14)8-9-4-1-2-5-11(9)16-12/h1-2,4-5,8H,3,6-7H2,(H,17,18). The monoisotopic (exact) mass is 261 g/mol. The molecule has 4 heteroatoms. The number of hydrogen-bond acceptors (Lipinski definition) is 2. The number of carbonyl (C=O) groups is 1. The molecule has 18 heavy (non-hydrogen) atoms. The van der Waals surface area contributed by atoms with E-state index in [0.29, 0.717) is 23.6 Å². The highest BCUT2D eigenvalue weighted by atomic mass is 35.5. The second kappa shape index (κ2) is 3.95. The third-order valence-corrected chi connectivity index (χ3v) is 4.10. The zero-order valence-corrected chi connectivity index (χ0v) is 10.4. The van der Waals surface area contributed by atoms with Crippen molar-refractivity contribution in [1.29, 1.82) is 0 Å². The van der Waals surface area contributed by atoms with E-state index in [4.69, 9.17) is 11.6 Å². The molecule has 0 bridgehead atoms. The number of rotatable bonds is 2. The number of hydrogen-bond donors (Lipinski definition) is 1. The van der Waals surface area contributed by atoms with Crippen LogP contribution in [0.2, 0.25) is 5.15 Å². The molecule has 1 aromatic heterocycles. The molecule has 1 aliphatic rings. The summed E-state index contributed by atoms with van der Waals surface area (Å²) in [5.74, 6) is -0.798. The van der Waals surface area contributed by atoms with Gasteiger partial charge >= 0.3 is 5.97 Å². The summed E-state index contributed by atoms with van der Waals surface area (Å²) in [6.07, 6.45) is 2.21. The lowest BCUT2D eigenvalue weighted by Crippen LogP contribution is -2.42. The molecule has 1 fully saturated rings. The van der Waals surface area contributed by atoms with E-state index in [-0.39, 0.29) is 0 Å². The molecule has 92 valence electrons. The molecule has 1 saturated carbocycles. The van der Waals surface area contributed by atoms with Gasteiger partial charge in [0.25, 0.3) is 0 Å². The number of aromatic nitrogens is 1. The molecule has 1 aliphatic carbocycles. The minimum atomic E-state index is -0.825. The highest BCUT2D eigenvalue weighted by Crippen LogP contribution is 2.46. The Bertz CT molecular complexity index is 635. The molecule has 2 aromatic rings. The molecule has 0 unspecified atom stereocenters. The Labute approximate surface area is 109 Å². The number of carboxylic acid groups (broad SMARTS) is 1. The van der Waals surface area contributed by atoms with Crippen LogP contribution >= 0.6 is 11.6 Å². The molecular weight excluding hydrogens is 250 g/mol. The van der Waals surface area contributed by atoms with Gasteiger partial charge in [0.1, 0.15) is 5.15 Å². The average molecular weight is 262 g/mol. The smallest absolute Gasteiger partial charge is 0.314 e. The van der Waals surface area contributed by atoms with Crippen molar-refractivity contribution < 1.29 is 9.90 Å². The Kier molecular flexibility index (Phi) is 2.52. The molecule has 1 N–H and O–H groups in total. The van der Waals surface area contributed by atoms with Gasteiger partial charge in [-0.3, -0.25) is 4.79 Å². The fourth-order valence-corrected chi connectivity index (χ4v) is 2.88. The molecule has 3 nitrogen and oxygen atoms in total. The third kappa shape index (κ3) is 1.51. The SMILES string of the molecule is O=C(O)C1(c2cc3ccccc3nc2Cl)CCC1. The number of fused-ring (bicyclic) bond motifs is 1. The zero-order chi connectivity index (χ0) is 12.8. The van der Waals surface area contributed by atoms with Gasteiger partial charge in [0, 0.05) is 10.9 Å². The lowest BCUT2D eigenvalue weighted by Gasteiger charge is -2.38. The molecule has 3 rings (SSSR count). The Morgan fingerprint density at radius 2 is 2.06 bits per heavy atom. The predicted octanol–water partition coefficient (Wildman–Crippen LogP) is 3.39. The van der Waals surface area contributed by atoms with Crippen molar-refractivity contribution in [2.45, 2.75) is 24.7 Å². The lowest BCUT2D eigenvalue weighted by molar-refractivity contribution is -0.147. The summed E-state index contributed by atoms with van der Waals surface area (Å²) in [5.41, 5.74) is 0.626. The zero-order valence-electron chi connectivity index (χ0n) is 9.69. The first-order chi connectivity index (χ1) is 8.63. The summed E-state index contributed by atoms with van der Waals surface area (Å²) in [4.78, 5) is 15.8. The van der Waals surface area contributed by atoms with E-state index in [9.17, 15) is 9.90 Å². The van der Waals surface area contributed by atoms with E-state index in [1.54, 1.807) is 0 Å². The summed E-state index contributed by atoms with van der Waals surface area (Å²) in [7, 11) is 0. The van der Waals surface area contributed by atoms with Gasteiger partial charge < -0.3 is 5.11 Å². The number of benzene rings is 1. The van der Waals surface area contributed by atoms with Crippen molar-refractivity contribution in [2.24, 2.45) is 0 Å². The second-order valence-electron chi connectivity index (χ2n) is 4.76. The van der Waals surface area contributed by atoms with E-state index in [1.807, 2.05) is 30.3 Å². The van der Waals surface area contributed by atoms with Crippen molar-refractivity contribution in [2.75, 3.05) is 0 Å². The van der Waals surface area contributed by atoms with Gasteiger partial charge in [0.2, 0.25) is 0 Å². The third-order valence-electron chi connectivity index (χ3n) is 3.81. The Balaban J connectivity index is 2.23. The van der Waals surface area contributed by atoms with Gasteiger partial charge in [-0.05, 0) is 25.0 Å². The second-order valence-corrected chi connectivity index (χ2v) is 5.12. The molecule has 0 radical (unpaired) electrons. The molecule has 0 atom stereocenters. The molecule has 1 heterocycles. The summed E-state index contributed by atoms with van der Waals surface area (Å²) < 4.78 is 0. The molecule has 0 aliphatic heterocycles. The van der Waals surface area contributed by atoms with Crippen LogP contribution in [-0.4, -0.2) is 16.1 Å². The van der Waals surface area contributed by atoms with Crippen LogP contribution in [0.1, 0.15) is 24.8 Å². The molecule has 0 spiro atoms. The van der Waals surface area contributed by atoms with Gasteiger partial charge in [-0.15, -0.1) is 0 Å². The Morgan fingerprint density at radius 3 is 2.67 bits per heavy atom. The maximum absolute atomic E-state index is 11.5. The summed E-state index contributed by atoms with van der Waals surface area (Å²) >= 11 is 6.17. The van der Waals surface area contributed by atoms with Gasteiger partial charge in [-0.1, -0.05) is 36.2 Å². The van der Waals surface area contributed by atoms with E-state index in [1.165, 1.54) is 0 Å². The van der Waals surface area contributed by atoms with Crippen molar-refractivity contribution >= 4 is 28.5 Å². The van der Waals surface area contributed by atoms with Crippen molar-refractivity contribution in [3.05, 3.63) is 41.0 Å². The summed E-state index contributed by atoms with van der Waals surface area (Å²) in [5, 5.41) is 10.7. The van der Waals surface area contributed by atoms with Gasteiger partial charge in [0.05, 0.1) is 10.9 Å². The van der Waals surface area contributed by atoms with Crippen LogP contribution in [0.4, 0.5) is 0 Å². The number of pyridine rings is 1. The number of aliphatic carboxylic acids is 1. The number of halogens is 1. The first-order valence-corrected chi connectivity index (χ1v) is 6.30. The van der Waals surface area contributed by atoms with Gasteiger partial charge in [0.15, 0.2) is 0 Å². The van der Waals surface area contributed by atoms with Crippen LogP contribution < -0.4 is 0 Å². The topological polar surface area (TPSA) is 50.2 Å². The van der Waals surface area contributed by atoms with Gasteiger partial charge in [-0.2, -0.15) is 0 Å². The minimum Gasteiger partial charge on any atom is -0.481 e. The van der Waals surface area contributed by atoms with E-state index < -0.39 is 11.4 Å². The summed E-state index contributed by atoms with van der Waals surface area (Å²) in [6, 6.07) is 9.48. The van der Waals surface area contributed by atoms with Crippen molar-refractivity contribution in [3.63, 3.8) is 0 Å². The first-order valence-electron chi connectivity index (χ1n) is 5.93. The number of para-hydroxylation sites is 1. The highest BCUT2D eigenvalue weighted by Gasteiger charge is 2.47. The molecule has 0 saturated heterocycles. The maximum atomic E-state index is 11.5. The van der Waals surface area contributed by atoms with Crippen LogP contribution in [0.5, 0.6) is 0 Å². The van der Waals surface area contributed by atoms with E-state index >= 15 is 0 Å². The largest absolute Gasteiger partial charge is 0.481 e. The molecule has 0 amide bonds. The normalized spacial score (nSPS) is 17.4. The first kappa shape index (κ1) is 11.5. The predicted molar refractivity (Wildman–Crippen MR) is 69.9 cm³/mol. The molecular formula is C14H12ClNO2. The minimum absolute atomic E-state index is 0.316. The highest BCUT2D eigenvalue weighted by molar-refractivity contribution is 6.31. The van der Waals surface area contributed by atoms with Crippen molar-refractivity contribution in [3.8, 4) is 0 Å². The number of carboxylic acids is 1. The summed E-state index contributed by atoms with van der Waals surface area (Å²) in [6.45, 7) is 0. The fourth-order valence-electron chi connectivity index (χ4n) is 2.56.